The third-order valence-corrected chi connectivity index (χ3v) is 7.20. The second kappa shape index (κ2) is 8.52. The summed E-state index contributed by atoms with van der Waals surface area (Å²) in [5.41, 5.74) is 8.16. The van der Waals surface area contributed by atoms with Crippen molar-refractivity contribution in [2.24, 2.45) is 0 Å². The summed E-state index contributed by atoms with van der Waals surface area (Å²) in [4.78, 5) is 5.89. The lowest BCUT2D eigenvalue weighted by atomic mass is 9.90. The molecule has 0 unspecified atom stereocenters. The maximum Gasteiger partial charge on any atom is 0.268 e. The molecule has 2 saturated heterocycles. The summed E-state index contributed by atoms with van der Waals surface area (Å²) in [6, 6.07) is 3.63. The summed E-state index contributed by atoms with van der Waals surface area (Å²) < 4.78 is 71.2. The zero-order valence-electron chi connectivity index (χ0n) is 20.0. The molecule has 2 N–H and O–H groups in total. The largest absolute Gasteiger partial charge is 0.479 e. The number of fused-ring (bicyclic) bond motifs is 2. The van der Waals surface area contributed by atoms with Crippen molar-refractivity contribution < 1.29 is 27.0 Å². The minimum Gasteiger partial charge on any atom is -0.479 e. The number of aromatic nitrogens is 6. The highest BCUT2D eigenvalue weighted by Gasteiger charge is 2.52. The molecule has 14 heteroatoms. The first-order valence-electron chi connectivity index (χ1n) is 11.7. The van der Waals surface area contributed by atoms with E-state index in [1.54, 1.807) is 23.1 Å². The first-order chi connectivity index (χ1) is 17.7. The van der Waals surface area contributed by atoms with Gasteiger partial charge in [-0.1, -0.05) is 11.3 Å². The topological polar surface area (TPSA) is 109 Å². The Bertz CT molecular complexity index is 1480. The van der Waals surface area contributed by atoms with Gasteiger partial charge in [-0.15, -0.1) is 10.2 Å². The molecule has 0 radical (unpaired) electrons. The number of ether oxygens (including phenoxy) is 2. The van der Waals surface area contributed by atoms with Crippen LogP contribution in [0.1, 0.15) is 24.4 Å². The number of likely N-dealkylation sites (tertiary alicyclic amines) is 1. The number of nitrogens with two attached hydrogens (primary N) is 1. The minimum atomic E-state index is -3.04. The molecule has 0 spiro atoms. The van der Waals surface area contributed by atoms with E-state index in [9.17, 15) is 8.78 Å². The van der Waals surface area contributed by atoms with Gasteiger partial charge in [0.05, 0.1) is 44.3 Å². The van der Waals surface area contributed by atoms with Crippen LogP contribution in [0.2, 0.25) is 0 Å². The van der Waals surface area contributed by atoms with Crippen LogP contribution < -0.4 is 10.5 Å². The van der Waals surface area contributed by atoms with Crippen molar-refractivity contribution in [3.8, 4) is 17.0 Å². The third-order valence-electron chi connectivity index (χ3n) is 7.20. The van der Waals surface area contributed by atoms with Crippen LogP contribution >= 0.6 is 0 Å². The molecule has 4 aromatic rings. The maximum absolute atomic E-state index is 15.5. The lowest BCUT2D eigenvalue weighted by molar-refractivity contribution is -0.0714. The van der Waals surface area contributed by atoms with Gasteiger partial charge in [0.2, 0.25) is 11.8 Å². The molecule has 0 bridgehead atoms. The average Bonchev–Trinajstić information content (AvgIpc) is 3.48. The van der Waals surface area contributed by atoms with Gasteiger partial charge in [-0.3, -0.25) is 4.90 Å². The lowest BCUT2D eigenvalue weighted by Gasteiger charge is -2.34. The smallest absolute Gasteiger partial charge is 0.268 e. The molecule has 2 fully saturated rings. The summed E-state index contributed by atoms with van der Waals surface area (Å²) >= 11 is 0. The Kier molecular flexibility index (Phi) is 5.49. The molecule has 10 nitrogen and oxygen atoms in total. The molecular weight excluding hydrogens is 496 g/mol. The van der Waals surface area contributed by atoms with E-state index in [0.717, 1.165) is 4.68 Å². The molecule has 5 heterocycles. The second-order valence-corrected chi connectivity index (χ2v) is 9.48. The molecule has 2 aliphatic heterocycles. The van der Waals surface area contributed by atoms with Gasteiger partial charge in [-0.05, 0) is 30.2 Å². The van der Waals surface area contributed by atoms with E-state index in [4.69, 9.17) is 15.2 Å². The predicted molar refractivity (Wildman–Crippen MR) is 125 cm³/mol. The summed E-state index contributed by atoms with van der Waals surface area (Å²) in [5, 5.41) is 12.1. The van der Waals surface area contributed by atoms with Crippen LogP contribution in [0.4, 0.5) is 23.5 Å². The number of benzene rings is 1. The molecule has 0 aliphatic carbocycles. The number of nitrogen functional groups attached to an aromatic ring is 1. The highest BCUT2D eigenvalue weighted by atomic mass is 19.3. The van der Waals surface area contributed by atoms with Gasteiger partial charge in [0.25, 0.3) is 12.3 Å². The van der Waals surface area contributed by atoms with Crippen molar-refractivity contribution in [3.05, 3.63) is 30.0 Å². The van der Waals surface area contributed by atoms with E-state index in [2.05, 4.69) is 20.4 Å². The second-order valence-electron chi connectivity index (χ2n) is 9.48. The molecular formula is C23H24F4N8O2. The molecule has 0 saturated carbocycles. The Hall–Kier alpha value is -3.52. The Morgan fingerprint density at radius 2 is 2.03 bits per heavy atom. The van der Waals surface area contributed by atoms with Crippen molar-refractivity contribution in [2.45, 2.75) is 37.3 Å². The number of halogens is 4. The van der Waals surface area contributed by atoms with E-state index in [1.165, 1.54) is 24.7 Å². The molecule has 37 heavy (non-hydrogen) atoms. The van der Waals surface area contributed by atoms with Gasteiger partial charge in [0, 0.05) is 18.3 Å². The van der Waals surface area contributed by atoms with Gasteiger partial charge in [0.15, 0.2) is 0 Å². The fourth-order valence-corrected chi connectivity index (χ4v) is 5.15. The summed E-state index contributed by atoms with van der Waals surface area (Å²) in [7, 11) is 1.40. The summed E-state index contributed by atoms with van der Waals surface area (Å²) in [6.07, 6.45) is -1.15. The van der Waals surface area contributed by atoms with Crippen molar-refractivity contribution in [3.63, 3.8) is 0 Å². The van der Waals surface area contributed by atoms with E-state index in [0.29, 0.717) is 46.5 Å². The number of hydrogen-bond donors (Lipinski definition) is 1. The van der Waals surface area contributed by atoms with Crippen LogP contribution in [-0.2, 0) is 4.74 Å². The van der Waals surface area contributed by atoms with E-state index >= 15 is 8.78 Å². The zero-order valence-corrected chi connectivity index (χ0v) is 20.0. The third kappa shape index (κ3) is 3.77. The number of nitrogens with zero attached hydrogens (tertiary/aromatic N) is 7. The highest BCUT2D eigenvalue weighted by Crippen LogP contribution is 2.47. The van der Waals surface area contributed by atoms with E-state index in [-0.39, 0.29) is 24.4 Å². The van der Waals surface area contributed by atoms with Crippen LogP contribution in [0.3, 0.4) is 0 Å². The molecule has 2 aliphatic rings. The number of anilines is 1. The van der Waals surface area contributed by atoms with Crippen LogP contribution in [-0.4, -0.2) is 86.3 Å². The van der Waals surface area contributed by atoms with E-state index in [1.807, 2.05) is 0 Å². The van der Waals surface area contributed by atoms with Crippen LogP contribution in [0, 0.1) is 0 Å². The number of rotatable bonds is 6. The molecule has 6 rings (SSSR count). The number of alkyl halides is 4. The van der Waals surface area contributed by atoms with Crippen molar-refractivity contribution in [1.29, 1.82) is 0 Å². The first-order valence-corrected chi connectivity index (χ1v) is 11.7. The van der Waals surface area contributed by atoms with Crippen molar-refractivity contribution in [2.75, 3.05) is 39.1 Å². The SMILES string of the molecule is COc1nc(N)nn2cc([C@@H]3CN(C4COC4)CC3(F)F)c(-c3ccc4nnn([C@@H](C)C(F)F)c4c3)c12. The fraction of sp³-hybridized carbons (Fsp3) is 0.478. The Morgan fingerprint density at radius 1 is 1.24 bits per heavy atom. The van der Waals surface area contributed by atoms with Gasteiger partial charge in [-0.2, -0.15) is 4.98 Å². The summed E-state index contributed by atoms with van der Waals surface area (Å²) in [5.74, 6) is -4.20. The Balaban J connectivity index is 1.57. The minimum absolute atomic E-state index is 0.0612. The fourth-order valence-electron chi connectivity index (χ4n) is 5.15. The monoisotopic (exact) mass is 520 g/mol. The molecule has 0 amide bonds. The van der Waals surface area contributed by atoms with Gasteiger partial charge in [0.1, 0.15) is 17.1 Å². The number of methoxy groups -OCH3 is 1. The van der Waals surface area contributed by atoms with Gasteiger partial charge < -0.3 is 15.2 Å². The van der Waals surface area contributed by atoms with Crippen molar-refractivity contribution in [1.82, 2.24) is 34.5 Å². The quantitative estimate of drug-likeness (QED) is 0.387. The van der Waals surface area contributed by atoms with Gasteiger partial charge >= 0.3 is 0 Å². The Labute approximate surface area is 207 Å². The normalized spacial score (nSPS) is 21.2. The first kappa shape index (κ1) is 23.9. The molecule has 3 aromatic heterocycles. The lowest BCUT2D eigenvalue weighted by Crippen LogP contribution is -2.48. The predicted octanol–water partition coefficient (Wildman–Crippen LogP) is 2.99. The number of hydrogen-bond acceptors (Lipinski definition) is 8. The zero-order chi connectivity index (χ0) is 26.1. The molecule has 196 valence electrons. The molecule has 1 aromatic carbocycles. The van der Waals surface area contributed by atoms with Crippen LogP contribution in [0.25, 0.3) is 27.7 Å². The maximum atomic E-state index is 15.5. The standard InChI is InChI=1S/C23H24F4N8O2/c1-11(20(24)25)35-17-5-12(3-4-16(17)30-32-35)18-14(6-34-19(18)21(36-2)29-22(28)31-34)15-7-33(10-23(15,26)27)13-8-37-9-13/h3-6,11,13,15,20H,7-10H2,1-2H3,(H2,28,31)/t11-,15-/m0/s1. The average molecular weight is 520 g/mol. The van der Waals surface area contributed by atoms with Crippen molar-refractivity contribution >= 4 is 22.5 Å². The van der Waals surface area contributed by atoms with Gasteiger partial charge in [-0.25, -0.2) is 26.8 Å². The molecule has 2 atom stereocenters. The highest BCUT2D eigenvalue weighted by molar-refractivity contribution is 5.92. The summed E-state index contributed by atoms with van der Waals surface area (Å²) in [6.45, 7) is 1.88. The van der Waals surface area contributed by atoms with Crippen LogP contribution in [0.15, 0.2) is 24.4 Å². The van der Waals surface area contributed by atoms with E-state index < -0.39 is 30.9 Å². The Morgan fingerprint density at radius 3 is 2.70 bits per heavy atom. The van der Waals surface area contributed by atoms with Crippen LogP contribution in [0.5, 0.6) is 5.88 Å².